The zero-order valence-electron chi connectivity index (χ0n) is 17.1. The van der Waals surface area contributed by atoms with Crippen molar-refractivity contribution in [1.29, 1.82) is 5.26 Å². The number of aliphatic imine (C=N–C) groups is 1. The highest BCUT2D eigenvalue weighted by Gasteiger charge is 2.38. The van der Waals surface area contributed by atoms with Gasteiger partial charge in [-0.25, -0.2) is 10.0 Å². The minimum absolute atomic E-state index is 0.0686. The number of nitrogens with zero attached hydrogens (tertiary/aromatic N) is 5. The van der Waals surface area contributed by atoms with Crippen LogP contribution < -0.4 is 15.4 Å². The molecular weight excluding hydrogens is 456 g/mol. The van der Waals surface area contributed by atoms with E-state index in [4.69, 9.17) is 11.6 Å². The Morgan fingerprint density at radius 2 is 2.12 bits per heavy atom. The van der Waals surface area contributed by atoms with E-state index in [1.54, 1.807) is 35.2 Å². The average molecular weight is 474 g/mol. The first kappa shape index (κ1) is 22.4. The van der Waals surface area contributed by atoms with Gasteiger partial charge in [0.1, 0.15) is 5.75 Å². The summed E-state index contributed by atoms with van der Waals surface area (Å²) < 4.78 is 29.5. The van der Waals surface area contributed by atoms with Crippen LogP contribution in [0.15, 0.2) is 58.6 Å². The normalized spacial score (nSPS) is 18.5. The van der Waals surface area contributed by atoms with Crippen molar-refractivity contribution in [2.75, 3.05) is 19.8 Å². The van der Waals surface area contributed by atoms with E-state index < -0.39 is 12.7 Å². The topological polar surface area (TPSA) is 105 Å². The molecule has 1 unspecified atom stereocenters. The zero-order valence-corrected chi connectivity index (χ0v) is 17.8. The summed E-state index contributed by atoms with van der Waals surface area (Å²) in [5.74, 6) is -0.0756. The van der Waals surface area contributed by atoms with Gasteiger partial charge in [-0.3, -0.25) is 15.4 Å². The van der Waals surface area contributed by atoms with Gasteiger partial charge in [-0.2, -0.15) is 19.1 Å². The Balaban J connectivity index is 1.69. The summed E-state index contributed by atoms with van der Waals surface area (Å²) in [5, 5.41) is 21.4. The van der Waals surface area contributed by atoms with Crippen LogP contribution in [0, 0.1) is 11.5 Å². The Hall–Kier alpha value is -3.75. The number of guanidine groups is 1. The van der Waals surface area contributed by atoms with Crippen molar-refractivity contribution in [1.82, 2.24) is 20.5 Å². The molecule has 2 heterocycles. The predicted octanol–water partition coefficient (Wildman–Crippen LogP) is 2.48. The Morgan fingerprint density at radius 1 is 1.33 bits per heavy atom. The number of hydrazone groups is 1. The number of carbonyl (C=O) groups excluding carboxylic acids is 1. The van der Waals surface area contributed by atoms with Crippen molar-refractivity contribution in [2.45, 2.75) is 12.7 Å². The van der Waals surface area contributed by atoms with Crippen molar-refractivity contribution in [3.05, 3.63) is 59.1 Å². The Kier molecular flexibility index (Phi) is 6.67. The number of amides is 1. The SMILES string of the molecule is N#CNC(=Nc1cccc(OC(F)F)c1)N1CC(N2CNCC2=O)C(c2ccc(Cl)cc2)=N1. The Labute approximate surface area is 192 Å². The molecule has 2 aliphatic heterocycles. The number of nitrogens with one attached hydrogen (secondary N) is 2. The maximum Gasteiger partial charge on any atom is 0.387 e. The van der Waals surface area contributed by atoms with Crippen LogP contribution in [0.5, 0.6) is 5.75 Å². The first-order chi connectivity index (χ1) is 15.9. The minimum Gasteiger partial charge on any atom is -0.435 e. The molecule has 0 aliphatic carbocycles. The maximum atomic E-state index is 12.5. The minimum atomic E-state index is -2.97. The van der Waals surface area contributed by atoms with E-state index in [2.05, 4.69) is 25.5 Å². The molecule has 9 nitrogen and oxygen atoms in total. The van der Waals surface area contributed by atoms with Crippen molar-refractivity contribution >= 4 is 34.9 Å². The number of hydrogen-bond donors (Lipinski definition) is 2. The molecule has 2 aromatic carbocycles. The molecule has 1 saturated heterocycles. The zero-order chi connectivity index (χ0) is 23.4. The second-order valence-electron chi connectivity index (χ2n) is 7.09. The summed E-state index contributed by atoms with van der Waals surface area (Å²) in [6, 6.07) is 12.4. The molecule has 33 heavy (non-hydrogen) atoms. The predicted molar refractivity (Wildman–Crippen MR) is 117 cm³/mol. The average Bonchev–Trinajstić information content (AvgIpc) is 3.40. The summed E-state index contributed by atoms with van der Waals surface area (Å²) in [7, 11) is 0. The molecule has 4 rings (SSSR count). The van der Waals surface area contributed by atoms with Crippen LogP contribution in [0.3, 0.4) is 0 Å². The summed E-state index contributed by atoms with van der Waals surface area (Å²) in [6.45, 7) is -2.17. The molecule has 0 radical (unpaired) electrons. The van der Waals surface area contributed by atoms with Gasteiger partial charge in [-0.15, -0.1) is 0 Å². The number of rotatable bonds is 5. The van der Waals surface area contributed by atoms with Gasteiger partial charge in [-0.05, 0) is 24.3 Å². The lowest BCUT2D eigenvalue weighted by Crippen LogP contribution is -2.46. The van der Waals surface area contributed by atoms with Gasteiger partial charge >= 0.3 is 6.61 Å². The van der Waals surface area contributed by atoms with E-state index in [0.29, 0.717) is 17.4 Å². The number of carbonyl (C=O) groups is 1. The quantitative estimate of drug-likeness (QED) is 0.299. The van der Waals surface area contributed by atoms with E-state index in [9.17, 15) is 18.8 Å². The third-order valence-electron chi connectivity index (χ3n) is 4.97. The lowest BCUT2D eigenvalue weighted by molar-refractivity contribution is -0.127. The summed E-state index contributed by atoms with van der Waals surface area (Å²) in [5.41, 5.74) is 1.64. The first-order valence-corrected chi connectivity index (χ1v) is 10.2. The van der Waals surface area contributed by atoms with Gasteiger partial charge < -0.3 is 9.64 Å². The molecule has 0 spiro atoms. The maximum absolute atomic E-state index is 12.5. The second-order valence-corrected chi connectivity index (χ2v) is 7.52. The molecule has 1 atom stereocenters. The molecule has 1 fully saturated rings. The molecule has 0 bridgehead atoms. The molecule has 2 aromatic rings. The van der Waals surface area contributed by atoms with Gasteiger partial charge in [0.15, 0.2) is 6.19 Å². The molecule has 2 aliphatic rings. The van der Waals surface area contributed by atoms with E-state index >= 15 is 0 Å². The molecule has 170 valence electrons. The first-order valence-electron chi connectivity index (χ1n) is 9.85. The summed E-state index contributed by atoms with van der Waals surface area (Å²) in [6.07, 6.45) is 1.81. The van der Waals surface area contributed by atoms with Crippen molar-refractivity contribution < 1.29 is 18.3 Å². The lowest BCUT2D eigenvalue weighted by atomic mass is 10.0. The lowest BCUT2D eigenvalue weighted by Gasteiger charge is -2.25. The second kappa shape index (κ2) is 9.81. The summed E-state index contributed by atoms with van der Waals surface area (Å²) >= 11 is 6.01. The van der Waals surface area contributed by atoms with Crippen LogP contribution in [-0.4, -0.2) is 59.9 Å². The fraction of sp³-hybridized carbons (Fsp3) is 0.238. The number of hydrogen-bond acceptors (Lipinski definition) is 6. The molecule has 0 saturated carbocycles. The van der Waals surface area contributed by atoms with Crippen LogP contribution in [0.4, 0.5) is 14.5 Å². The van der Waals surface area contributed by atoms with Crippen LogP contribution in [0.1, 0.15) is 5.56 Å². The van der Waals surface area contributed by atoms with Crippen LogP contribution in [-0.2, 0) is 4.79 Å². The van der Waals surface area contributed by atoms with Crippen molar-refractivity contribution in [3.8, 4) is 11.9 Å². The number of benzene rings is 2. The van der Waals surface area contributed by atoms with Gasteiger partial charge in [0.25, 0.3) is 0 Å². The summed E-state index contributed by atoms with van der Waals surface area (Å²) in [4.78, 5) is 18.4. The largest absolute Gasteiger partial charge is 0.435 e. The van der Waals surface area contributed by atoms with Gasteiger partial charge in [-0.1, -0.05) is 29.8 Å². The molecule has 0 aromatic heterocycles. The third kappa shape index (κ3) is 5.19. The van der Waals surface area contributed by atoms with Crippen LogP contribution >= 0.6 is 11.6 Å². The number of alkyl halides is 2. The van der Waals surface area contributed by atoms with Gasteiger partial charge in [0.05, 0.1) is 37.2 Å². The van der Waals surface area contributed by atoms with Crippen molar-refractivity contribution in [2.24, 2.45) is 10.1 Å². The molecule has 12 heteroatoms. The third-order valence-corrected chi connectivity index (χ3v) is 5.23. The monoisotopic (exact) mass is 473 g/mol. The molecule has 2 N–H and O–H groups in total. The molecular formula is C21H18ClF2N7O2. The van der Waals surface area contributed by atoms with E-state index in [0.717, 1.165) is 5.56 Å². The Morgan fingerprint density at radius 3 is 2.79 bits per heavy atom. The van der Waals surface area contributed by atoms with Crippen molar-refractivity contribution in [3.63, 3.8) is 0 Å². The smallest absolute Gasteiger partial charge is 0.387 e. The van der Waals surface area contributed by atoms with Crippen LogP contribution in [0.2, 0.25) is 5.02 Å². The highest BCUT2D eigenvalue weighted by Crippen LogP contribution is 2.25. The fourth-order valence-electron chi connectivity index (χ4n) is 3.55. The highest BCUT2D eigenvalue weighted by molar-refractivity contribution is 6.30. The fourth-order valence-corrected chi connectivity index (χ4v) is 3.67. The Bertz CT molecular complexity index is 1130. The standard InChI is InChI=1S/C21H18ClF2N7O2/c22-14-6-4-13(5-7-14)19-17(30-12-26-9-18(30)32)10-31(29-19)21(27-11-25)28-15-2-1-3-16(8-15)33-20(23)24/h1-8,17,20,26H,9-10,12H2,(H,27,28). The number of nitriles is 1. The number of ether oxygens (including phenoxy) is 1. The van der Waals surface area contributed by atoms with Crippen LogP contribution in [0.25, 0.3) is 0 Å². The van der Waals surface area contributed by atoms with E-state index in [1.807, 2.05) is 6.19 Å². The molecule has 1 amide bonds. The van der Waals surface area contributed by atoms with Gasteiger partial charge in [0, 0.05) is 16.7 Å². The van der Waals surface area contributed by atoms with E-state index in [-0.39, 0.29) is 36.4 Å². The van der Waals surface area contributed by atoms with E-state index in [1.165, 1.54) is 23.2 Å². The highest BCUT2D eigenvalue weighted by atomic mass is 35.5. The van der Waals surface area contributed by atoms with Gasteiger partial charge in [0.2, 0.25) is 11.9 Å². The number of halogens is 3.